The fourth-order valence-electron chi connectivity index (χ4n) is 8.49. The predicted molar refractivity (Wildman–Crippen MR) is 220 cm³/mol. The molecule has 0 radical (unpaired) electrons. The van der Waals surface area contributed by atoms with Gasteiger partial charge in [-0.1, -0.05) is 175 Å². The van der Waals surface area contributed by atoms with Crippen molar-refractivity contribution >= 4 is 21.7 Å². The zero-order chi connectivity index (χ0) is 34.3. The molecule has 0 nitrogen and oxygen atoms in total. The van der Waals surface area contributed by atoms with Crippen LogP contribution in [0.15, 0.2) is 96.1 Å². The molecule has 0 saturated carbocycles. The summed E-state index contributed by atoms with van der Waals surface area (Å²) in [6.45, 7) is 13.9. The van der Waals surface area contributed by atoms with Crippen molar-refractivity contribution < 1.29 is 0 Å². The Hall–Kier alpha value is -3.42. The van der Waals surface area contributed by atoms with Crippen molar-refractivity contribution in [1.82, 2.24) is 0 Å². The summed E-state index contributed by atoms with van der Waals surface area (Å²) < 4.78 is 0. The fourth-order valence-corrected chi connectivity index (χ4v) is 10.9. The molecule has 0 fully saturated rings. The van der Waals surface area contributed by atoms with Gasteiger partial charge in [-0.2, -0.15) is 0 Å². The van der Waals surface area contributed by atoms with Crippen LogP contribution in [0, 0.1) is 0 Å². The van der Waals surface area contributed by atoms with Crippen molar-refractivity contribution in [3.05, 3.63) is 129 Å². The molecule has 0 N–H and O–H groups in total. The molecule has 256 valence electrons. The van der Waals surface area contributed by atoms with Crippen LogP contribution in [0.1, 0.15) is 150 Å². The molecule has 2 aliphatic carbocycles. The lowest BCUT2D eigenvalue weighted by Crippen LogP contribution is -2.08. The molecule has 0 spiro atoms. The third-order valence-corrected chi connectivity index (χ3v) is 14.0. The van der Waals surface area contributed by atoms with Gasteiger partial charge >= 0.3 is 0 Å². The molecule has 2 aliphatic rings. The highest BCUT2D eigenvalue weighted by Crippen LogP contribution is 2.48. The molecule has 0 bridgehead atoms. The normalized spacial score (nSPS) is 18.0. The van der Waals surface area contributed by atoms with E-state index in [9.17, 15) is 0 Å². The Balaban J connectivity index is 1.24. The summed E-state index contributed by atoms with van der Waals surface area (Å²) in [5, 5.41) is 0. The smallest absolute Gasteiger partial charge is 0.0218 e. The molecule has 4 atom stereocenters. The molecule has 1 heteroatoms. The Morgan fingerprint density at radius 1 is 0.531 bits per heavy atom. The molecule has 4 unspecified atom stereocenters. The first-order valence-corrected chi connectivity index (χ1v) is 21.8. The van der Waals surface area contributed by atoms with Crippen LogP contribution in [0.3, 0.4) is 0 Å². The fraction of sp³-hybridized carbons (Fsp3) is 0.417. The Labute approximate surface area is 301 Å². The van der Waals surface area contributed by atoms with Crippen LogP contribution in [0.5, 0.6) is 0 Å². The molecule has 0 saturated heterocycles. The number of rotatable bonds is 16. The SMILES string of the molecule is CCCCC1=Cc2c(-c3ccc(C(C)CC)cc3)cccc2C1C[SiH2]CC1C(CCCC)=Cc2c(-c3ccc(C(C)CC)cc3)cccc21. The Morgan fingerprint density at radius 3 is 1.31 bits per heavy atom. The summed E-state index contributed by atoms with van der Waals surface area (Å²) in [4.78, 5) is 0. The molecule has 0 amide bonds. The summed E-state index contributed by atoms with van der Waals surface area (Å²) in [7, 11) is -0.303. The summed E-state index contributed by atoms with van der Waals surface area (Å²) in [6.07, 6.45) is 15.2. The van der Waals surface area contributed by atoms with Gasteiger partial charge in [0.05, 0.1) is 0 Å². The van der Waals surface area contributed by atoms with Crippen LogP contribution in [0.4, 0.5) is 0 Å². The molecular weight excluding hydrogens is 605 g/mol. The number of unbranched alkanes of at least 4 members (excludes halogenated alkanes) is 2. The molecule has 4 aromatic rings. The van der Waals surface area contributed by atoms with Gasteiger partial charge in [-0.05, 0) is 106 Å². The van der Waals surface area contributed by atoms with Gasteiger partial charge in [0, 0.05) is 21.4 Å². The van der Waals surface area contributed by atoms with Crippen molar-refractivity contribution in [2.45, 2.75) is 129 Å². The van der Waals surface area contributed by atoms with Gasteiger partial charge in [-0.3, -0.25) is 0 Å². The van der Waals surface area contributed by atoms with Gasteiger partial charge in [0.1, 0.15) is 0 Å². The largest absolute Gasteiger partial charge is 0.0654 e. The maximum Gasteiger partial charge on any atom is 0.0218 e. The number of benzene rings is 4. The van der Waals surface area contributed by atoms with E-state index in [-0.39, 0.29) is 9.52 Å². The zero-order valence-electron chi connectivity index (χ0n) is 31.3. The summed E-state index contributed by atoms with van der Waals surface area (Å²) in [6, 6.07) is 36.0. The Morgan fingerprint density at radius 2 is 0.939 bits per heavy atom. The maximum absolute atomic E-state index is 2.61. The van der Waals surface area contributed by atoms with Crippen LogP contribution in [0.25, 0.3) is 34.4 Å². The van der Waals surface area contributed by atoms with Crippen LogP contribution in [-0.4, -0.2) is 9.52 Å². The van der Waals surface area contributed by atoms with E-state index in [4.69, 9.17) is 0 Å². The molecule has 0 aliphatic heterocycles. The Bertz CT molecular complexity index is 1620. The van der Waals surface area contributed by atoms with E-state index in [1.807, 2.05) is 0 Å². The van der Waals surface area contributed by atoms with Crippen molar-refractivity contribution in [1.29, 1.82) is 0 Å². The highest BCUT2D eigenvalue weighted by Gasteiger charge is 2.30. The number of hydrogen-bond acceptors (Lipinski definition) is 0. The molecule has 6 rings (SSSR count). The number of allylic oxidation sites excluding steroid dienone is 2. The van der Waals surface area contributed by atoms with Crippen molar-refractivity contribution in [2.24, 2.45) is 0 Å². The minimum Gasteiger partial charge on any atom is -0.0654 e. The van der Waals surface area contributed by atoms with Crippen molar-refractivity contribution in [3.63, 3.8) is 0 Å². The average Bonchev–Trinajstić information content (AvgIpc) is 3.69. The third-order valence-electron chi connectivity index (χ3n) is 12.0. The van der Waals surface area contributed by atoms with Crippen LogP contribution >= 0.6 is 0 Å². The second kappa shape index (κ2) is 16.5. The first-order valence-electron chi connectivity index (χ1n) is 19.8. The standard InChI is InChI=1S/C48H60Si/c1-7-11-15-39-29-45-41(37-25-21-35(22-26-37)33(5)9-3)17-13-19-43(45)47(39)31-49-32-48-40(16-12-8-2)30-46-42(18-14-20-44(46)48)38-27-23-36(24-28-38)34(6)10-4/h13-14,17-30,33-34,47-48H,7-12,15-16,31-32,49H2,1-6H3. The summed E-state index contributed by atoms with van der Waals surface area (Å²) >= 11 is 0. The minimum atomic E-state index is -0.303. The quantitative estimate of drug-likeness (QED) is 0.105. The molecule has 4 aromatic carbocycles. The first kappa shape index (κ1) is 35.4. The van der Waals surface area contributed by atoms with E-state index < -0.39 is 0 Å². The second-order valence-corrected chi connectivity index (χ2v) is 17.0. The average molecular weight is 665 g/mol. The lowest BCUT2D eigenvalue weighted by Gasteiger charge is -2.21. The minimum absolute atomic E-state index is 0.303. The Kier molecular flexibility index (Phi) is 11.9. The zero-order valence-corrected chi connectivity index (χ0v) is 32.7. The van der Waals surface area contributed by atoms with E-state index >= 15 is 0 Å². The van der Waals surface area contributed by atoms with Gasteiger partial charge in [0.25, 0.3) is 0 Å². The van der Waals surface area contributed by atoms with Gasteiger partial charge in [0.2, 0.25) is 0 Å². The van der Waals surface area contributed by atoms with Crippen LogP contribution < -0.4 is 0 Å². The predicted octanol–water partition coefficient (Wildman–Crippen LogP) is 14.1. The molecule has 0 aromatic heterocycles. The van der Waals surface area contributed by atoms with Crippen molar-refractivity contribution in [2.75, 3.05) is 0 Å². The van der Waals surface area contributed by atoms with E-state index in [0.717, 1.165) is 0 Å². The van der Waals surface area contributed by atoms with Crippen molar-refractivity contribution in [3.8, 4) is 22.3 Å². The molecular formula is C48H60Si. The molecule has 49 heavy (non-hydrogen) atoms. The van der Waals surface area contributed by atoms with Gasteiger partial charge in [-0.15, -0.1) is 0 Å². The third kappa shape index (κ3) is 7.68. The summed E-state index contributed by atoms with van der Waals surface area (Å²) in [5.74, 6) is 2.43. The highest BCUT2D eigenvalue weighted by atomic mass is 28.2. The van der Waals surface area contributed by atoms with Gasteiger partial charge < -0.3 is 0 Å². The topological polar surface area (TPSA) is 0 Å². The lowest BCUT2D eigenvalue weighted by atomic mass is 9.91. The number of hydrogen-bond donors (Lipinski definition) is 0. The maximum atomic E-state index is 2.61. The first-order chi connectivity index (χ1) is 24.0. The van der Waals surface area contributed by atoms with Gasteiger partial charge in [0.15, 0.2) is 0 Å². The monoisotopic (exact) mass is 664 g/mol. The van der Waals surface area contributed by atoms with Gasteiger partial charge in [-0.25, -0.2) is 0 Å². The van der Waals surface area contributed by atoms with E-state index in [1.54, 1.807) is 22.3 Å². The lowest BCUT2D eigenvalue weighted by molar-refractivity contribution is 0.730. The van der Waals surface area contributed by atoms with Crippen LogP contribution in [0.2, 0.25) is 12.1 Å². The molecule has 0 heterocycles. The van der Waals surface area contributed by atoms with E-state index in [0.29, 0.717) is 23.7 Å². The van der Waals surface area contributed by atoms with E-state index in [2.05, 4.69) is 139 Å². The summed E-state index contributed by atoms with van der Waals surface area (Å²) in [5.41, 5.74) is 18.1. The van der Waals surface area contributed by atoms with E-state index in [1.165, 1.54) is 108 Å². The number of fused-ring (bicyclic) bond motifs is 2. The van der Waals surface area contributed by atoms with Crippen LogP contribution in [-0.2, 0) is 0 Å². The highest BCUT2D eigenvalue weighted by molar-refractivity contribution is 6.36. The second-order valence-electron chi connectivity index (χ2n) is 15.2.